The van der Waals surface area contributed by atoms with Crippen LogP contribution in [0.25, 0.3) is 0 Å². The van der Waals surface area contributed by atoms with Crippen LogP contribution >= 0.6 is 11.6 Å². The smallest absolute Gasteiger partial charge is 0.122 e. The van der Waals surface area contributed by atoms with Crippen molar-refractivity contribution in [3.63, 3.8) is 0 Å². The summed E-state index contributed by atoms with van der Waals surface area (Å²) >= 11 is 5.91. The Balaban J connectivity index is 2.59. The van der Waals surface area contributed by atoms with Crippen molar-refractivity contribution in [1.82, 2.24) is 0 Å². The predicted molar refractivity (Wildman–Crippen MR) is 59.7 cm³/mol. The highest BCUT2D eigenvalue weighted by Gasteiger charge is 2.02. The van der Waals surface area contributed by atoms with Gasteiger partial charge in [0.25, 0.3) is 0 Å². The topological polar surface area (TPSA) is 17.1 Å². The summed E-state index contributed by atoms with van der Waals surface area (Å²) in [5.74, 6) is 0.144. The molecule has 1 rings (SSSR count). The molecule has 1 nitrogen and oxygen atoms in total. The average molecular weight is 211 g/mol. The molecule has 0 aliphatic carbocycles. The highest BCUT2D eigenvalue weighted by Crippen LogP contribution is 2.17. The van der Waals surface area contributed by atoms with Gasteiger partial charge in [-0.2, -0.15) is 0 Å². The van der Waals surface area contributed by atoms with E-state index in [4.69, 9.17) is 11.6 Å². The number of halogens is 1. The van der Waals surface area contributed by atoms with E-state index >= 15 is 0 Å². The molecule has 0 fully saturated rings. The van der Waals surface area contributed by atoms with Crippen molar-refractivity contribution in [2.45, 2.75) is 26.7 Å². The molecule has 0 bridgehead atoms. The summed E-state index contributed by atoms with van der Waals surface area (Å²) in [7, 11) is 0. The van der Waals surface area contributed by atoms with E-state index in [2.05, 4.69) is 6.07 Å². The van der Waals surface area contributed by atoms with Crippen LogP contribution in [0.4, 0.5) is 0 Å². The number of aryl methyl sites for hydroxylation is 2. The van der Waals surface area contributed by atoms with E-state index < -0.39 is 0 Å². The lowest BCUT2D eigenvalue weighted by Crippen LogP contribution is -1.98. The Kier molecular flexibility index (Phi) is 4.15. The van der Waals surface area contributed by atoms with Gasteiger partial charge in [-0.3, -0.25) is 0 Å². The van der Waals surface area contributed by atoms with Gasteiger partial charge in [0.15, 0.2) is 0 Å². The summed E-state index contributed by atoms with van der Waals surface area (Å²) in [6.45, 7) is 3.94. The lowest BCUT2D eigenvalue weighted by atomic mass is 10.0. The van der Waals surface area contributed by atoms with Crippen LogP contribution in [-0.2, 0) is 11.2 Å². The second-order valence-corrected chi connectivity index (χ2v) is 4.14. The van der Waals surface area contributed by atoms with Crippen LogP contribution in [0.2, 0.25) is 5.02 Å². The number of carbonyl (C=O) groups excluding carboxylic acids is 1. The molecule has 0 amide bonds. The zero-order valence-electron chi connectivity index (χ0n) is 8.59. The van der Waals surface area contributed by atoms with Crippen molar-refractivity contribution >= 4 is 17.9 Å². The molecule has 1 atom stereocenters. The van der Waals surface area contributed by atoms with E-state index in [1.54, 1.807) is 0 Å². The normalized spacial score (nSPS) is 12.5. The Labute approximate surface area is 90.1 Å². The molecule has 1 aromatic carbocycles. The molecule has 1 aromatic rings. The van der Waals surface area contributed by atoms with Crippen molar-refractivity contribution in [3.05, 3.63) is 34.3 Å². The number of hydrogen-bond acceptors (Lipinski definition) is 1. The largest absolute Gasteiger partial charge is 0.303 e. The number of benzene rings is 1. The fraction of sp³-hybridized carbons (Fsp3) is 0.417. The summed E-state index contributed by atoms with van der Waals surface area (Å²) in [5, 5.41) is 0.803. The van der Waals surface area contributed by atoms with Gasteiger partial charge in [-0.15, -0.1) is 0 Å². The Bertz CT molecular complexity index is 320. The van der Waals surface area contributed by atoms with Crippen LogP contribution < -0.4 is 0 Å². The van der Waals surface area contributed by atoms with Gasteiger partial charge >= 0.3 is 0 Å². The molecular formula is C12H15ClO. The van der Waals surface area contributed by atoms with E-state index in [1.807, 2.05) is 26.0 Å². The van der Waals surface area contributed by atoms with Crippen molar-refractivity contribution < 1.29 is 4.79 Å². The van der Waals surface area contributed by atoms with E-state index in [1.165, 1.54) is 5.56 Å². The van der Waals surface area contributed by atoms with E-state index in [0.717, 1.165) is 29.7 Å². The molecule has 14 heavy (non-hydrogen) atoms. The molecule has 0 aromatic heterocycles. The molecule has 0 aliphatic rings. The first-order valence-electron chi connectivity index (χ1n) is 4.84. The predicted octanol–water partition coefficient (Wildman–Crippen LogP) is 3.42. The van der Waals surface area contributed by atoms with Gasteiger partial charge in [-0.05, 0) is 37.0 Å². The number of aldehydes is 1. The van der Waals surface area contributed by atoms with Crippen molar-refractivity contribution in [2.24, 2.45) is 5.92 Å². The first kappa shape index (κ1) is 11.3. The average Bonchev–Trinajstić information content (AvgIpc) is 2.19. The van der Waals surface area contributed by atoms with Crippen LogP contribution in [0.3, 0.4) is 0 Å². The Morgan fingerprint density at radius 3 is 2.79 bits per heavy atom. The molecule has 2 heteroatoms. The molecule has 0 radical (unpaired) electrons. The fourth-order valence-electron chi connectivity index (χ4n) is 1.32. The lowest BCUT2D eigenvalue weighted by molar-refractivity contribution is -0.110. The summed E-state index contributed by atoms with van der Waals surface area (Å²) in [6.07, 6.45) is 2.85. The Morgan fingerprint density at radius 1 is 1.50 bits per heavy atom. The van der Waals surface area contributed by atoms with Crippen LogP contribution in [0.5, 0.6) is 0 Å². The minimum Gasteiger partial charge on any atom is -0.303 e. The van der Waals surface area contributed by atoms with Crippen LogP contribution in [-0.4, -0.2) is 6.29 Å². The first-order chi connectivity index (χ1) is 6.63. The molecule has 76 valence electrons. The quantitative estimate of drug-likeness (QED) is 0.696. The van der Waals surface area contributed by atoms with Gasteiger partial charge in [0.1, 0.15) is 6.29 Å². The Morgan fingerprint density at radius 2 is 2.21 bits per heavy atom. The molecule has 0 heterocycles. The lowest BCUT2D eigenvalue weighted by Gasteiger charge is -2.05. The molecule has 0 N–H and O–H groups in total. The third-order valence-electron chi connectivity index (χ3n) is 2.34. The highest BCUT2D eigenvalue weighted by molar-refractivity contribution is 6.31. The minimum absolute atomic E-state index is 0.144. The van der Waals surface area contributed by atoms with Gasteiger partial charge in [0.05, 0.1) is 0 Å². The third kappa shape index (κ3) is 3.15. The van der Waals surface area contributed by atoms with Crippen molar-refractivity contribution in [3.8, 4) is 0 Å². The second kappa shape index (κ2) is 5.16. The first-order valence-corrected chi connectivity index (χ1v) is 5.21. The van der Waals surface area contributed by atoms with E-state index in [-0.39, 0.29) is 5.92 Å². The highest BCUT2D eigenvalue weighted by atomic mass is 35.5. The summed E-state index contributed by atoms with van der Waals surface area (Å²) in [5.41, 5.74) is 2.35. The van der Waals surface area contributed by atoms with Crippen LogP contribution in [0, 0.1) is 12.8 Å². The molecule has 0 aliphatic heterocycles. The monoisotopic (exact) mass is 210 g/mol. The SMILES string of the molecule is Cc1cc(CCC(C)C=O)ccc1Cl. The number of hydrogen-bond donors (Lipinski definition) is 0. The second-order valence-electron chi connectivity index (χ2n) is 3.74. The molecule has 0 spiro atoms. The molecular weight excluding hydrogens is 196 g/mol. The number of carbonyl (C=O) groups is 1. The van der Waals surface area contributed by atoms with Gasteiger partial charge in [-0.25, -0.2) is 0 Å². The maximum Gasteiger partial charge on any atom is 0.122 e. The molecule has 0 saturated heterocycles. The zero-order valence-corrected chi connectivity index (χ0v) is 9.34. The fourth-order valence-corrected chi connectivity index (χ4v) is 1.44. The number of rotatable bonds is 4. The third-order valence-corrected chi connectivity index (χ3v) is 2.77. The maximum absolute atomic E-state index is 10.4. The van der Waals surface area contributed by atoms with Gasteiger partial charge in [0, 0.05) is 10.9 Å². The van der Waals surface area contributed by atoms with Crippen molar-refractivity contribution in [2.75, 3.05) is 0 Å². The maximum atomic E-state index is 10.4. The Hall–Kier alpha value is -0.820. The standard InChI is InChI=1S/C12H15ClO/c1-9(8-14)3-4-11-5-6-12(13)10(2)7-11/h5-9H,3-4H2,1-2H3. The van der Waals surface area contributed by atoms with Gasteiger partial charge in [-0.1, -0.05) is 30.7 Å². The minimum atomic E-state index is 0.144. The van der Waals surface area contributed by atoms with Crippen molar-refractivity contribution in [1.29, 1.82) is 0 Å². The molecule has 1 unspecified atom stereocenters. The molecule has 0 saturated carbocycles. The summed E-state index contributed by atoms with van der Waals surface area (Å²) < 4.78 is 0. The van der Waals surface area contributed by atoms with Crippen LogP contribution in [0.1, 0.15) is 24.5 Å². The van der Waals surface area contributed by atoms with Crippen LogP contribution in [0.15, 0.2) is 18.2 Å². The van der Waals surface area contributed by atoms with Gasteiger partial charge in [0.2, 0.25) is 0 Å². The van der Waals surface area contributed by atoms with Gasteiger partial charge < -0.3 is 4.79 Å². The zero-order chi connectivity index (χ0) is 10.6. The summed E-state index contributed by atoms with van der Waals surface area (Å²) in [4.78, 5) is 10.4. The summed E-state index contributed by atoms with van der Waals surface area (Å²) in [6, 6.07) is 6.02. The van der Waals surface area contributed by atoms with E-state index in [0.29, 0.717) is 0 Å². The van der Waals surface area contributed by atoms with E-state index in [9.17, 15) is 4.79 Å².